The molecule has 2 aromatic rings. The van der Waals surface area contributed by atoms with Crippen LogP contribution in [0.1, 0.15) is 25.5 Å². The smallest absolute Gasteiger partial charge is 0.311 e. The van der Waals surface area contributed by atoms with E-state index in [2.05, 4.69) is 52.3 Å². The summed E-state index contributed by atoms with van der Waals surface area (Å²) in [5.74, 6) is 1.17. The van der Waals surface area contributed by atoms with Gasteiger partial charge >= 0.3 is 5.97 Å². The molecule has 1 fully saturated rings. The number of carbonyl (C=O) groups excluding carboxylic acids is 1. The summed E-state index contributed by atoms with van der Waals surface area (Å²) in [5, 5.41) is 0. The molecule has 3 unspecified atom stereocenters. The molecular formula is C23H22Br2O3. The van der Waals surface area contributed by atoms with E-state index in [1.165, 1.54) is 0 Å². The van der Waals surface area contributed by atoms with E-state index >= 15 is 0 Å². The van der Waals surface area contributed by atoms with Crippen molar-refractivity contribution < 1.29 is 14.3 Å². The predicted octanol–water partition coefficient (Wildman–Crippen LogP) is 7.15. The fourth-order valence-electron chi connectivity index (χ4n) is 3.40. The van der Waals surface area contributed by atoms with E-state index in [-0.39, 0.29) is 23.2 Å². The number of benzene rings is 2. The van der Waals surface area contributed by atoms with Crippen molar-refractivity contribution in [2.75, 3.05) is 0 Å². The molecule has 0 radical (unpaired) electrons. The SMILES string of the molecule is C=CC(OC(=O)C1C(C=C(Br)Br)C1(C)C)c1cccc(Oc2ccccc2)c1. The minimum atomic E-state index is -0.528. The van der Waals surface area contributed by atoms with Crippen molar-refractivity contribution in [2.45, 2.75) is 20.0 Å². The topological polar surface area (TPSA) is 35.5 Å². The minimum absolute atomic E-state index is 0.131. The molecule has 0 N–H and O–H groups in total. The Hall–Kier alpha value is -1.85. The quantitative estimate of drug-likeness (QED) is 0.296. The first-order valence-corrected chi connectivity index (χ1v) is 10.6. The number of esters is 1. The molecule has 1 aliphatic rings. The van der Waals surface area contributed by atoms with Crippen LogP contribution in [0.15, 0.2) is 76.7 Å². The number of allylic oxidation sites excluding steroid dienone is 1. The molecule has 1 saturated carbocycles. The average Bonchev–Trinajstić information content (AvgIpc) is 3.20. The van der Waals surface area contributed by atoms with Crippen LogP contribution in [-0.2, 0) is 9.53 Å². The zero-order valence-electron chi connectivity index (χ0n) is 15.8. The minimum Gasteiger partial charge on any atom is -0.457 e. The highest BCUT2D eigenvalue weighted by Crippen LogP contribution is 2.60. The van der Waals surface area contributed by atoms with Gasteiger partial charge in [0.1, 0.15) is 17.6 Å². The van der Waals surface area contributed by atoms with Crippen LogP contribution in [0.2, 0.25) is 0 Å². The highest BCUT2D eigenvalue weighted by atomic mass is 79.9. The van der Waals surface area contributed by atoms with Gasteiger partial charge in [-0.3, -0.25) is 4.79 Å². The Bertz CT molecular complexity index is 886. The lowest BCUT2D eigenvalue weighted by molar-refractivity contribution is -0.149. The van der Waals surface area contributed by atoms with E-state index in [4.69, 9.17) is 9.47 Å². The predicted molar refractivity (Wildman–Crippen MR) is 119 cm³/mol. The van der Waals surface area contributed by atoms with Crippen molar-refractivity contribution in [1.82, 2.24) is 0 Å². The molecule has 3 atom stereocenters. The monoisotopic (exact) mass is 504 g/mol. The maximum Gasteiger partial charge on any atom is 0.311 e. The van der Waals surface area contributed by atoms with Crippen LogP contribution in [0.25, 0.3) is 0 Å². The lowest BCUT2D eigenvalue weighted by Gasteiger charge is -2.16. The van der Waals surface area contributed by atoms with Crippen molar-refractivity contribution in [1.29, 1.82) is 0 Å². The highest BCUT2D eigenvalue weighted by molar-refractivity contribution is 9.28. The number of hydrogen-bond donors (Lipinski definition) is 0. The molecule has 0 amide bonds. The molecule has 5 heteroatoms. The van der Waals surface area contributed by atoms with Crippen LogP contribution in [0.3, 0.4) is 0 Å². The Labute approximate surface area is 182 Å². The van der Waals surface area contributed by atoms with Gasteiger partial charge in [-0.1, -0.05) is 56.8 Å². The zero-order chi connectivity index (χ0) is 20.3. The largest absolute Gasteiger partial charge is 0.457 e. The molecule has 28 heavy (non-hydrogen) atoms. The van der Waals surface area contributed by atoms with E-state index in [1.807, 2.05) is 60.7 Å². The Balaban J connectivity index is 1.72. The van der Waals surface area contributed by atoms with E-state index in [0.717, 1.165) is 14.7 Å². The van der Waals surface area contributed by atoms with Gasteiger partial charge in [0.15, 0.2) is 0 Å². The lowest BCUT2D eigenvalue weighted by Crippen LogP contribution is -2.14. The van der Waals surface area contributed by atoms with E-state index in [1.54, 1.807) is 6.08 Å². The first-order valence-electron chi connectivity index (χ1n) is 9.01. The summed E-state index contributed by atoms with van der Waals surface area (Å²) in [6, 6.07) is 17.1. The lowest BCUT2D eigenvalue weighted by atomic mass is 10.1. The number of carbonyl (C=O) groups is 1. The Morgan fingerprint density at radius 2 is 1.79 bits per heavy atom. The Morgan fingerprint density at radius 3 is 2.43 bits per heavy atom. The standard InChI is InChI=1S/C23H22Br2O3/c1-4-19(28-22(26)21-18(14-20(24)25)23(21,2)3)15-9-8-12-17(13-15)27-16-10-6-5-7-11-16/h4-14,18-19,21H,1H2,2-3H3. The van der Waals surface area contributed by atoms with Gasteiger partial charge in [0.2, 0.25) is 0 Å². The van der Waals surface area contributed by atoms with Crippen LogP contribution >= 0.6 is 31.9 Å². The summed E-state index contributed by atoms with van der Waals surface area (Å²) in [6.07, 6.45) is 3.11. The number of para-hydroxylation sites is 1. The van der Waals surface area contributed by atoms with Crippen molar-refractivity contribution in [3.63, 3.8) is 0 Å². The maximum absolute atomic E-state index is 12.8. The van der Waals surface area contributed by atoms with Crippen LogP contribution < -0.4 is 4.74 Å². The third-order valence-corrected chi connectivity index (χ3v) is 5.62. The molecule has 3 rings (SSSR count). The molecular weight excluding hydrogens is 484 g/mol. The van der Waals surface area contributed by atoms with Crippen LogP contribution in [0.5, 0.6) is 11.5 Å². The van der Waals surface area contributed by atoms with Crippen LogP contribution in [-0.4, -0.2) is 5.97 Å². The van der Waals surface area contributed by atoms with Gasteiger partial charge in [0, 0.05) is 5.56 Å². The van der Waals surface area contributed by atoms with E-state index < -0.39 is 6.10 Å². The first kappa shape index (κ1) is 20.9. The van der Waals surface area contributed by atoms with E-state index in [9.17, 15) is 4.79 Å². The second-order valence-corrected chi connectivity index (χ2v) is 10.1. The molecule has 146 valence electrons. The normalized spacial score (nSPS) is 20.6. The second-order valence-electron chi connectivity index (χ2n) is 7.36. The number of hydrogen-bond acceptors (Lipinski definition) is 3. The van der Waals surface area contributed by atoms with Gasteiger partial charge in [-0.2, -0.15) is 0 Å². The molecule has 0 saturated heterocycles. The van der Waals surface area contributed by atoms with Gasteiger partial charge in [0.25, 0.3) is 0 Å². The number of halogens is 2. The number of rotatable bonds is 7. The van der Waals surface area contributed by atoms with Gasteiger partial charge in [-0.25, -0.2) is 0 Å². The highest BCUT2D eigenvalue weighted by Gasteiger charge is 2.61. The molecule has 3 nitrogen and oxygen atoms in total. The molecule has 2 aromatic carbocycles. The summed E-state index contributed by atoms with van der Waals surface area (Å²) >= 11 is 6.75. The molecule has 0 aliphatic heterocycles. The average molecular weight is 506 g/mol. The van der Waals surface area contributed by atoms with E-state index in [0.29, 0.717) is 5.75 Å². The summed E-state index contributed by atoms with van der Waals surface area (Å²) < 4.78 is 12.5. The summed E-state index contributed by atoms with van der Waals surface area (Å²) in [7, 11) is 0. The van der Waals surface area contributed by atoms with Crippen molar-refractivity contribution >= 4 is 37.8 Å². The molecule has 0 aromatic heterocycles. The third-order valence-electron chi connectivity index (χ3n) is 5.09. The fraction of sp³-hybridized carbons (Fsp3) is 0.261. The van der Waals surface area contributed by atoms with Gasteiger partial charge in [-0.05, 0) is 73.5 Å². The molecule has 0 spiro atoms. The van der Waals surface area contributed by atoms with Gasteiger partial charge in [0.05, 0.1) is 9.31 Å². The second kappa shape index (κ2) is 8.66. The van der Waals surface area contributed by atoms with Gasteiger partial charge in [-0.15, -0.1) is 0 Å². The van der Waals surface area contributed by atoms with Crippen molar-refractivity contribution in [3.05, 3.63) is 82.3 Å². The Kier molecular flexibility index (Phi) is 6.46. The van der Waals surface area contributed by atoms with Crippen LogP contribution in [0, 0.1) is 17.3 Å². The third kappa shape index (κ3) is 4.76. The fourth-order valence-corrected chi connectivity index (χ4v) is 3.97. The first-order chi connectivity index (χ1) is 13.3. The van der Waals surface area contributed by atoms with Gasteiger partial charge < -0.3 is 9.47 Å². The molecule has 0 bridgehead atoms. The Morgan fingerprint density at radius 1 is 1.11 bits per heavy atom. The molecule has 0 heterocycles. The molecule has 1 aliphatic carbocycles. The van der Waals surface area contributed by atoms with Crippen LogP contribution in [0.4, 0.5) is 0 Å². The summed E-state index contributed by atoms with van der Waals surface area (Å²) in [6.45, 7) is 7.98. The van der Waals surface area contributed by atoms with Crippen molar-refractivity contribution in [3.8, 4) is 11.5 Å². The summed E-state index contributed by atoms with van der Waals surface area (Å²) in [4.78, 5) is 12.8. The van der Waals surface area contributed by atoms with Crippen molar-refractivity contribution in [2.24, 2.45) is 17.3 Å². The maximum atomic E-state index is 12.8. The summed E-state index contributed by atoms with van der Waals surface area (Å²) in [5.41, 5.74) is 0.692. The zero-order valence-corrected chi connectivity index (χ0v) is 18.9. The number of ether oxygens (including phenoxy) is 2.